The molecule has 18 heteroatoms. The Balaban J connectivity index is 1.12. The van der Waals surface area contributed by atoms with Gasteiger partial charge in [-0.05, 0) is 86.5 Å². The fourth-order valence-corrected chi connectivity index (χ4v) is 10.1. The van der Waals surface area contributed by atoms with Crippen LogP contribution in [0, 0.1) is 0 Å². The number of carbonyl (C=O) groups is 6. The Kier molecular flexibility index (Phi) is 24.1. The maximum Gasteiger partial charge on any atom is 0.408 e. The summed E-state index contributed by atoms with van der Waals surface area (Å²) in [5, 5.41) is 8.22. The van der Waals surface area contributed by atoms with E-state index in [1.165, 1.54) is 21.3 Å². The highest BCUT2D eigenvalue weighted by atomic mass is 16.6. The van der Waals surface area contributed by atoms with Gasteiger partial charge in [-0.25, -0.2) is 28.8 Å². The van der Waals surface area contributed by atoms with E-state index >= 15 is 0 Å². The van der Waals surface area contributed by atoms with E-state index < -0.39 is 54.3 Å². The van der Waals surface area contributed by atoms with Crippen molar-refractivity contribution in [2.24, 2.45) is 0 Å². The fourth-order valence-electron chi connectivity index (χ4n) is 10.1. The van der Waals surface area contributed by atoms with E-state index in [0.717, 1.165) is 27.8 Å². The second-order valence-corrected chi connectivity index (χ2v) is 21.5. The Morgan fingerprint density at radius 3 is 0.785 bits per heavy atom. The zero-order chi connectivity index (χ0) is 65.2. The summed E-state index contributed by atoms with van der Waals surface area (Å²) in [6.45, 7) is -0.455. The number of hydrogen-bond acceptors (Lipinski definition) is 15. The lowest BCUT2D eigenvalue weighted by Crippen LogP contribution is -2.43. The molecule has 0 unspecified atom stereocenters. The number of nitrogens with one attached hydrogen (secondary N) is 3. The van der Waals surface area contributed by atoms with Crippen LogP contribution in [0.5, 0.6) is 17.2 Å². The third-order valence-electron chi connectivity index (χ3n) is 14.8. The number of carbonyl (C=O) groups excluding carboxylic acids is 6. The molecule has 18 nitrogen and oxygen atoms in total. The van der Waals surface area contributed by atoms with Crippen LogP contribution in [0.2, 0.25) is 0 Å². The summed E-state index contributed by atoms with van der Waals surface area (Å²) in [7, 11) is 4.47. The number of alkyl carbamates (subject to hydrolysis) is 3. The molecule has 0 aliphatic rings. The first-order valence-electron chi connectivity index (χ1n) is 30.0. The second kappa shape index (κ2) is 34.0. The number of benzene rings is 9. The van der Waals surface area contributed by atoms with Crippen LogP contribution in [0.1, 0.15) is 50.1 Å². The molecule has 0 saturated heterocycles. The number of amides is 3. The van der Waals surface area contributed by atoms with Gasteiger partial charge in [0.25, 0.3) is 0 Å². The molecule has 0 saturated carbocycles. The average molecular weight is 1250 g/mol. The van der Waals surface area contributed by atoms with Crippen molar-refractivity contribution < 1.29 is 71.4 Å². The zero-order valence-electron chi connectivity index (χ0n) is 51.7. The van der Waals surface area contributed by atoms with Crippen molar-refractivity contribution in [2.75, 3.05) is 21.3 Å². The van der Waals surface area contributed by atoms with Gasteiger partial charge in [0.05, 0.1) is 21.3 Å². The van der Waals surface area contributed by atoms with Crippen molar-refractivity contribution in [3.63, 3.8) is 0 Å². The van der Waals surface area contributed by atoms with Gasteiger partial charge < -0.3 is 58.6 Å². The number of ether oxygens (including phenoxy) is 9. The Morgan fingerprint density at radius 1 is 0.280 bits per heavy atom. The second-order valence-electron chi connectivity index (χ2n) is 21.5. The zero-order valence-corrected chi connectivity index (χ0v) is 51.7. The summed E-state index contributed by atoms with van der Waals surface area (Å²) < 4.78 is 53.0. The molecule has 0 spiro atoms. The van der Waals surface area contributed by atoms with Crippen molar-refractivity contribution in [3.05, 3.63) is 281 Å². The normalized spacial score (nSPS) is 11.7. The van der Waals surface area contributed by atoms with E-state index in [1.807, 2.05) is 170 Å². The van der Waals surface area contributed by atoms with Crippen LogP contribution in [-0.4, -0.2) is 75.6 Å². The molecular formula is C75H71N3O15. The van der Waals surface area contributed by atoms with Gasteiger partial charge in [-0.15, -0.1) is 0 Å². The lowest BCUT2D eigenvalue weighted by Gasteiger charge is -2.23. The molecule has 0 aromatic heterocycles. The Bertz CT molecular complexity index is 3730. The van der Waals surface area contributed by atoms with E-state index in [1.54, 1.807) is 60.7 Å². The van der Waals surface area contributed by atoms with E-state index in [0.29, 0.717) is 56.0 Å². The molecule has 0 aliphatic heterocycles. The molecule has 0 bridgehead atoms. The maximum atomic E-state index is 14.5. The summed E-state index contributed by atoms with van der Waals surface area (Å²) >= 11 is 0. The lowest BCUT2D eigenvalue weighted by atomic mass is 9.89. The third-order valence-corrected chi connectivity index (χ3v) is 14.8. The number of rotatable bonds is 29. The minimum absolute atomic E-state index is 0.0596. The first kappa shape index (κ1) is 66.0. The molecule has 476 valence electrons. The monoisotopic (exact) mass is 1250 g/mol. The molecule has 93 heavy (non-hydrogen) atoms. The summed E-state index contributed by atoms with van der Waals surface area (Å²) in [5.41, 5.74) is 7.58. The minimum Gasteiger partial charge on any atom is -0.496 e. The fraction of sp³-hybridized carbons (Fsp3) is 0.200. The summed E-state index contributed by atoms with van der Waals surface area (Å²) in [6, 6.07) is 64.8. The molecule has 9 rings (SSSR count). The molecule has 9 aromatic rings. The van der Waals surface area contributed by atoms with Crippen molar-refractivity contribution in [1.29, 1.82) is 0 Å². The van der Waals surface area contributed by atoms with Crippen LogP contribution >= 0.6 is 0 Å². The number of esters is 3. The highest BCUT2D eigenvalue weighted by molar-refractivity contribution is 5.89. The van der Waals surface area contributed by atoms with Crippen molar-refractivity contribution >= 4 is 36.2 Å². The molecule has 0 fully saturated rings. The first-order chi connectivity index (χ1) is 45.4. The van der Waals surface area contributed by atoms with E-state index in [2.05, 4.69) is 16.0 Å². The Hall–Kier alpha value is -11.4. The van der Waals surface area contributed by atoms with Gasteiger partial charge in [0, 0.05) is 41.5 Å². The van der Waals surface area contributed by atoms with Crippen LogP contribution < -0.4 is 30.2 Å². The van der Waals surface area contributed by atoms with Crippen molar-refractivity contribution in [2.45, 2.75) is 77.0 Å². The molecule has 9 aromatic carbocycles. The predicted octanol–water partition coefficient (Wildman–Crippen LogP) is 12.8. The Morgan fingerprint density at radius 2 is 0.527 bits per heavy atom. The topological polar surface area (TPSA) is 222 Å². The molecule has 0 radical (unpaired) electrons. The molecule has 0 heterocycles. The van der Waals surface area contributed by atoms with Crippen LogP contribution in [0.15, 0.2) is 231 Å². The maximum absolute atomic E-state index is 14.5. The van der Waals surface area contributed by atoms with Crippen LogP contribution in [0.4, 0.5) is 14.4 Å². The van der Waals surface area contributed by atoms with Crippen LogP contribution in [-0.2, 0) is 102 Å². The van der Waals surface area contributed by atoms with Gasteiger partial charge in [0.15, 0.2) is 0 Å². The quantitative estimate of drug-likeness (QED) is 0.0293. The molecule has 3 N–H and O–H groups in total. The molecule has 3 amide bonds. The lowest BCUT2D eigenvalue weighted by molar-refractivity contribution is -0.148. The van der Waals surface area contributed by atoms with E-state index in [-0.39, 0.29) is 64.7 Å². The average Bonchev–Trinajstić information content (AvgIpc) is 0.810. The van der Waals surface area contributed by atoms with Crippen molar-refractivity contribution in [1.82, 2.24) is 16.0 Å². The SMILES string of the molecule is COc1ccc(C[C@H](NC(=O)OCc2ccccc2)C(=O)OCc2ccccc2)cc1-c1cc(C[C@H](NC(=O)OCc2ccccc2)C(=O)OCc2ccccc2)cc(-c2cc(C[C@H](NC(=O)OCc3ccccc3)C(=O)OCc3ccccc3)ccc2OC)c1OC. The molecular weight excluding hydrogens is 1180 g/mol. The molecule has 0 aliphatic carbocycles. The largest absolute Gasteiger partial charge is 0.496 e. The minimum atomic E-state index is -1.35. The Labute approximate surface area is 539 Å². The first-order valence-corrected chi connectivity index (χ1v) is 30.0. The van der Waals surface area contributed by atoms with Crippen LogP contribution in [0.25, 0.3) is 22.3 Å². The number of hydrogen-bond donors (Lipinski definition) is 3. The highest BCUT2D eigenvalue weighted by Crippen LogP contribution is 2.46. The van der Waals surface area contributed by atoms with E-state index in [9.17, 15) is 28.8 Å². The van der Waals surface area contributed by atoms with Gasteiger partial charge in [0.2, 0.25) is 0 Å². The summed E-state index contributed by atoms with van der Waals surface area (Å²) in [5.74, 6) is -1.26. The van der Waals surface area contributed by atoms with Crippen LogP contribution in [0.3, 0.4) is 0 Å². The standard InChI is InChI=1S/C75H71N3O15/c1-85-67-36-34-57(42-64(70(79)88-45-51-22-10-4-11-23-51)76-73(82)91-48-54-28-16-7-17-29-54)38-60(67)62-40-59(44-66(72(81)90-47-53-26-14-6-15-27-53)78-75(84)93-50-56-32-20-9-21-33-56)41-63(69(62)87-3)61-39-58(35-37-68(61)86-2)43-65(71(80)89-46-52-24-12-5-13-25-52)77-74(83)92-49-55-30-18-8-19-31-55/h4-41,64-66H,42-50H2,1-3H3,(H,76,82)(H,77,83)(H,78,84)/t64-,65-,66-/m0/s1. The van der Waals surface area contributed by atoms with Gasteiger partial charge in [-0.1, -0.05) is 194 Å². The van der Waals surface area contributed by atoms with Gasteiger partial charge >= 0.3 is 36.2 Å². The van der Waals surface area contributed by atoms with E-state index in [4.69, 9.17) is 42.6 Å². The third kappa shape index (κ3) is 19.8. The highest BCUT2D eigenvalue weighted by Gasteiger charge is 2.30. The van der Waals surface area contributed by atoms with Gasteiger partial charge in [-0.3, -0.25) is 0 Å². The van der Waals surface area contributed by atoms with Gasteiger partial charge in [0.1, 0.15) is 75.0 Å². The summed E-state index contributed by atoms with van der Waals surface area (Å²) in [4.78, 5) is 83.8. The number of methoxy groups -OCH3 is 3. The smallest absolute Gasteiger partial charge is 0.408 e. The predicted molar refractivity (Wildman–Crippen MR) is 347 cm³/mol. The summed E-state index contributed by atoms with van der Waals surface area (Å²) in [6.07, 6.45) is -2.97. The van der Waals surface area contributed by atoms with Crippen molar-refractivity contribution in [3.8, 4) is 39.5 Å². The molecule has 3 atom stereocenters. The van der Waals surface area contributed by atoms with Gasteiger partial charge in [-0.2, -0.15) is 0 Å².